The molecule has 0 saturated heterocycles. The molecule has 7 nitrogen and oxygen atoms in total. The van der Waals surface area contributed by atoms with Crippen LogP contribution in [-0.4, -0.2) is 36.9 Å². The summed E-state index contributed by atoms with van der Waals surface area (Å²) in [5.41, 5.74) is 0.704. The highest BCUT2D eigenvalue weighted by atomic mass is 19.3. The largest absolute Gasteiger partial charge is 0.334 e. The van der Waals surface area contributed by atoms with Gasteiger partial charge in [0.2, 0.25) is 0 Å². The van der Waals surface area contributed by atoms with Crippen molar-refractivity contribution in [2.24, 2.45) is 13.0 Å². The molecule has 140 valence electrons. The number of carbonyl (C=O) groups excluding carboxylic acids is 1. The highest BCUT2D eigenvalue weighted by Gasteiger charge is 2.30. The van der Waals surface area contributed by atoms with Crippen molar-refractivity contribution in [1.82, 2.24) is 24.5 Å². The van der Waals surface area contributed by atoms with E-state index in [1.807, 2.05) is 13.8 Å². The first-order chi connectivity index (χ1) is 12.3. The van der Waals surface area contributed by atoms with E-state index in [0.29, 0.717) is 25.1 Å². The summed E-state index contributed by atoms with van der Waals surface area (Å²) in [5, 5.41) is 8.18. The molecule has 9 heteroatoms. The van der Waals surface area contributed by atoms with Crippen molar-refractivity contribution in [2.75, 3.05) is 6.54 Å². The highest BCUT2D eigenvalue weighted by Crippen LogP contribution is 2.26. The van der Waals surface area contributed by atoms with Gasteiger partial charge in [-0.05, 0) is 5.92 Å². The smallest absolute Gasteiger partial charge is 0.280 e. The van der Waals surface area contributed by atoms with Crippen molar-refractivity contribution in [2.45, 2.75) is 39.8 Å². The molecule has 2 aromatic heterocycles. The lowest BCUT2D eigenvalue weighted by Gasteiger charge is -2.28. The lowest BCUT2D eigenvalue weighted by atomic mass is 10.1. The second-order valence-corrected chi connectivity index (χ2v) is 6.87. The Balaban J connectivity index is 1.89. The molecule has 0 saturated carbocycles. The SMILES string of the molecule is CC(C)Cn1ncc(C(=O)N2CCc3nn(C)c(=O)cc3C2)c1C(F)F. The lowest BCUT2D eigenvalue weighted by molar-refractivity contribution is 0.0718. The van der Waals surface area contributed by atoms with Gasteiger partial charge in [0.25, 0.3) is 17.9 Å². The Morgan fingerprint density at radius 2 is 2.08 bits per heavy atom. The average Bonchev–Trinajstić information content (AvgIpc) is 2.97. The molecule has 26 heavy (non-hydrogen) atoms. The number of aryl methyl sites for hydroxylation is 1. The quantitative estimate of drug-likeness (QED) is 0.828. The highest BCUT2D eigenvalue weighted by molar-refractivity contribution is 5.95. The van der Waals surface area contributed by atoms with E-state index >= 15 is 0 Å². The van der Waals surface area contributed by atoms with Crippen LogP contribution in [0.4, 0.5) is 8.78 Å². The third-order valence-corrected chi connectivity index (χ3v) is 4.38. The number of hydrogen-bond donors (Lipinski definition) is 0. The van der Waals surface area contributed by atoms with Gasteiger partial charge < -0.3 is 4.90 Å². The van der Waals surface area contributed by atoms with E-state index in [1.54, 1.807) is 7.05 Å². The van der Waals surface area contributed by atoms with E-state index in [4.69, 9.17) is 0 Å². The van der Waals surface area contributed by atoms with Crippen LogP contribution in [0, 0.1) is 5.92 Å². The number of carbonyl (C=O) groups is 1. The summed E-state index contributed by atoms with van der Waals surface area (Å²) in [6.07, 6.45) is -1.11. The van der Waals surface area contributed by atoms with Crippen LogP contribution >= 0.6 is 0 Å². The minimum atomic E-state index is -2.79. The number of aromatic nitrogens is 4. The van der Waals surface area contributed by atoms with Crippen LogP contribution < -0.4 is 5.56 Å². The average molecular weight is 365 g/mol. The molecular formula is C17H21F2N5O2. The molecule has 0 atom stereocenters. The number of nitrogens with zero attached hydrogens (tertiary/aromatic N) is 5. The monoisotopic (exact) mass is 365 g/mol. The zero-order valence-corrected chi connectivity index (χ0v) is 14.9. The Morgan fingerprint density at radius 1 is 1.35 bits per heavy atom. The maximum absolute atomic E-state index is 13.6. The molecule has 0 unspecified atom stereocenters. The van der Waals surface area contributed by atoms with E-state index < -0.39 is 12.3 Å². The lowest BCUT2D eigenvalue weighted by Crippen LogP contribution is -2.38. The maximum atomic E-state index is 13.6. The Bertz CT molecular complexity index is 888. The summed E-state index contributed by atoms with van der Waals surface area (Å²) in [4.78, 5) is 26.1. The van der Waals surface area contributed by atoms with Crippen molar-refractivity contribution in [3.05, 3.63) is 45.1 Å². The Hall–Kier alpha value is -2.58. The normalized spacial score (nSPS) is 14.2. The first-order valence-electron chi connectivity index (χ1n) is 8.47. The molecule has 0 N–H and O–H groups in total. The molecule has 0 fully saturated rings. The van der Waals surface area contributed by atoms with Crippen LogP contribution in [0.1, 0.15) is 47.6 Å². The second-order valence-electron chi connectivity index (χ2n) is 6.87. The standard InChI is InChI=1S/C17H21F2N5O2/c1-10(2)8-24-15(16(18)19)12(7-20-24)17(26)23-5-4-13-11(9-23)6-14(25)22(3)21-13/h6-7,10,16H,4-5,8-9H2,1-3H3. The molecule has 0 aromatic carbocycles. The van der Waals surface area contributed by atoms with Crippen molar-refractivity contribution < 1.29 is 13.6 Å². The number of alkyl halides is 2. The minimum Gasteiger partial charge on any atom is -0.334 e. The molecule has 1 aliphatic rings. The number of rotatable bonds is 4. The van der Waals surface area contributed by atoms with Crippen LogP contribution in [0.2, 0.25) is 0 Å². The van der Waals surface area contributed by atoms with Crippen molar-refractivity contribution in [1.29, 1.82) is 0 Å². The van der Waals surface area contributed by atoms with E-state index in [2.05, 4.69) is 10.2 Å². The molecular weight excluding hydrogens is 344 g/mol. The Labute approximate surface area is 149 Å². The predicted octanol–water partition coefficient (Wildman–Crippen LogP) is 1.77. The van der Waals surface area contributed by atoms with Crippen LogP contribution in [0.3, 0.4) is 0 Å². The van der Waals surface area contributed by atoms with E-state index in [9.17, 15) is 18.4 Å². The summed E-state index contributed by atoms with van der Waals surface area (Å²) in [6, 6.07) is 1.44. The molecule has 0 radical (unpaired) electrons. The summed E-state index contributed by atoms with van der Waals surface area (Å²) < 4.78 is 29.6. The van der Waals surface area contributed by atoms with Gasteiger partial charge in [0.1, 0.15) is 5.69 Å². The van der Waals surface area contributed by atoms with Gasteiger partial charge >= 0.3 is 0 Å². The number of halogens is 2. The van der Waals surface area contributed by atoms with E-state index in [1.165, 1.54) is 26.5 Å². The van der Waals surface area contributed by atoms with E-state index in [-0.39, 0.29) is 29.3 Å². The molecule has 3 rings (SSSR count). The van der Waals surface area contributed by atoms with Crippen LogP contribution in [0.25, 0.3) is 0 Å². The van der Waals surface area contributed by atoms with Gasteiger partial charge in [0.05, 0.1) is 17.5 Å². The first-order valence-corrected chi connectivity index (χ1v) is 8.47. The van der Waals surface area contributed by atoms with Gasteiger partial charge in [-0.3, -0.25) is 14.3 Å². The Morgan fingerprint density at radius 3 is 2.73 bits per heavy atom. The van der Waals surface area contributed by atoms with Gasteiger partial charge in [-0.25, -0.2) is 13.5 Å². The Kier molecular flexibility index (Phi) is 4.88. The zero-order valence-electron chi connectivity index (χ0n) is 14.9. The van der Waals surface area contributed by atoms with Crippen LogP contribution in [0.15, 0.2) is 17.1 Å². The third kappa shape index (κ3) is 3.38. The fourth-order valence-corrected chi connectivity index (χ4v) is 3.12. The van der Waals surface area contributed by atoms with E-state index in [0.717, 1.165) is 5.69 Å². The van der Waals surface area contributed by atoms with Crippen LogP contribution in [0.5, 0.6) is 0 Å². The zero-order chi connectivity index (χ0) is 19.0. The molecule has 2 aromatic rings. The third-order valence-electron chi connectivity index (χ3n) is 4.38. The number of amides is 1. The van der Waals surface area contributed by atoms with Gasteiger partial charge in [-0.1, -0.05) is 13.8 Å². The van der Waals surface area contributed by atoms with Crippen molar-refractivity contribution in [3.63, 3.8) is 0 Å². The summed E-state index contributed by atoms with van der Waals surface area (Å²) in [6.45, 7) is 4.64. The topological polar surface area (TPSA) is 73.0 Å². The van der Waals surface area contributed by atoms with Gasteiger partial charge in [-0.2, -0.15) is 10.2 Å². The van der Waals surface area contributed by atoms with Gasteiger partial charge in [0.15, 0.2) is 0 Å². The number of fused-ring (bicyclic) bond motifs is 1. The first kappa shape index (κ1) is 18.2. The fourth-order valence-electron chi connectivity index (χ4n) is 3.12. The summed E-state index contributed by atoms with van der Waals surface area (Å²) >= 11 is 0. The molecule has 3 heterocycles. The van der Waals surface area contributed by atoms with Crippen LogP contribution in [-0.2, 0) is 26.6 Å². The molecule has 1 amide bonds. The maximum Gasteiger partial charge on any atom is 0.280 e. The molecule has 0 bridgehead atoms. The molecule has 0 spiro atoms. The predicted molar refractivity (Wildman–Crippen MR) is 89.9 cm³/mol. The van der Waals surface area contributed by atoms with Crippen molar-refractivity contribution in [3.8, 4) is 0 Å². The summed E-state index contributed by atoms with van der Waals surface area (Å²) in [7, 11) is 1.57. The summed E-state index contributed by atoms with van der Waals surface area (Å²) in [5.74, 6) is -0.374. The molecule has 1 aliphatic heterocycles. The molecule has 0 aliphatic carbocycles. The second kappa shape index (κ2) is 6.97. The number of hydrogen-bond acceptors (Lipinski definition) is 4. The minimum absolute atomic E-state index is 0.0825. The fraction of sp³-hybridized carbons (Fsp3) is 0.529. The van der Waals surface area contributed by atoms with Gasteiger partial charge in [-0.15, -0.1) is 0 Å². The van der Waals surface area contributed by atoms with Crippen molar-refractivity contribution >= 4 is 5.91 Å². The van der Waals surface area contributed by atoms with Gasteiger partial charge in [0, 0.05) is 44.7 Å².